The third-order valence-corrected chi connectivity index (χ3v) is 9.58. The van der Waals surface area contributed by atoms with E-state index in [-0.39, 0.29) is 51.0 Å². The van der Waals surface area contributed by atoms with Crippen LogP contribution in [0.15, 0.2) is 24.3 Å². The largest absolute Gasteiger partial charge is 0.395 e. The molecule has 0 atom stereocenters. The van der Waals surface area contributed by atoms with Gasteiger partial charge < -0.3 is 30.8 Å². The maximum atomic E-state index is 12.6. The third kappa shape index (κ3) is 7.15. The molecule has 0 saturated carbocycles. The Kier molecular flexibility index (Phi) is 11.0. The number of allylic oxidation sites excluding steroid dienone is 4. The highest BCUT2D eigenvalue weighted by molar-refractivity contribution is 5.97. The molecule has 48 heavy (non-hydrogen) atoms. The second-order valence-electron chi connectivity index (χ2n) is 12.5. The molecule has 10 nitrogen and oxygen atoms in total. The second kappa shape index (κ2) is 15.1. The minimum atomic E-state index is -0.131. The highest BCUT2D eigenvalue weighted by Gasteiger charge is 2.23. The van der Waals surface area contributed by atoms with Crippen molar-refractivity contribution in [3.8, 4) is 0 Å². The quantitative estimate of drug-likeness (QED) is 0.148. The molecule has 0 radical (unpaired) electrons. The Balaban J connectivity index is 1.78. The van der Waals surface area contributed by atoms with Crippen molar-refractivity contribution in [3.05, 3.63) is 69.3 Å². The monoisotopic (exact) mass is 652 g/mol. The van der Waals surface area contributed by atoms with Crippen LogP contribution in [0.5, 0.6) is 0 Å². The Morgan fingerprint density at radius 1 is 0.625 bits per heavy atom. The normalized spacial score (nSPS) is 13.0. The number of hydrogen-bond donors (Lipinski definition) is 6. The van der Waals surface area contributed by atoms with E-state index in [1.54, 1.807) is 0 Å². The number of aromatic nitrogens is 4. The summed E-state index contributed by atoms with van der Waals surface area (Å²) in [5.41, 5.74) is 16.1. The Labute approximate surface area is 281 Å². The van der Waals surface area contributed by atoms with E-state index < -0.39 is 0 Å². The van der Waals surface area contributed by atoms with E-state index in [9.17, 15) is 19.8 Å². The van der Waals surface area contributed by atoms with Crippen molar-refractivity contribution in [2.45, 2.75) is 80.1 Å². The van der Waals surface area contributed by atoms with Crippen LogP contribution in [0, 0.1) is 13.8 Å². The van der Waals surface area contributed by atoms with Crippen molar-refractivity contribution >= 4 is 56.2 Å². The highest BCUT2D eigenvalue weighted by Crippen LogP contribution is 2.38. The molecule has 3 aromatic rings. The predicted molar refractivity (Wildman–Crippen MR) is 193 cm³/mol. The van der Waals surface area contributed by atoms with Crippen LogP contribution in [-0.2, 0) is 22.4 Å². The molecule has 8 bridgehead atoms. The fourth-order valence-electron chi connectivity index (χ4n) is 6.80. The van der Waals surface area contributed by atoms with Crippen LogP contribution in [0.3, 0.4) is 0 Å². The standard InChI is InChI=1S/C38H48N6O4/c1-7-25-21(3)29-17-30-23(5)27(9-11-37(47)39-13-15-45)35(43-30)20-36-28(10-12-38(48)40-14-16-46)24(6)32(44-36)19-34-26(8-2)22(4)31(42-34)18-33(25)41-29/h17-20,41-42,45-46H,7-16H2,1-6H3,(H,39,47)(H,40,48). The van der Waals surface area contributed by atoms with Gasteiger partial charge in [-0.15, -0.1) is 0 Å². The number of carbonyl (C=O) groups is 2. The molecule has 0 aromatic carbocycles. The zero-order valence-corrected chi connectivity index (χ0v) is 29.0. The van der Waals surface area contributed by atoms with Crippen LogP contribution in [-0.4, -0.2) is 68.3 Å². The number of nitrogens with zero attached hydrogens (tertiary/aromatic N) is 2. The van der Waals surface area contributed by atoms with E-state index in [2.05, 4.69) is 66.5 Å². The lowest BCUT2D eigenvalue weighted by Crippen LogP contribution is -2.26. The first kappa shape index (κ1) is 34.8. The zero-order valence-electron chi connectivity index (χ0n) is 29.0. The number of aliphatic hydroxyl groups is 2. The lowest BCUT2D eigenvalue weighted by atomic mass is 9.98. The van der Waals surface area contributed by atoms with Gasteiger partial charge in [0.1, 0.15) is 0 Å². The summed E-state index contributed by atoms with van der Waals surface area (Å²) in [5.74, 6) is -0.262. The Morgan fingerprint density at radius 3 is 1.48 bits per heavy atom. The van der Waals surface area contributed by atoms with Crippen LogP contribution in [0.4, 0.5) is 0 Å². The molecule has 5 rings (SSSR count). The van der Waals surface area contributed by atoms with Crippen molar-refractivity contribution < 1.29 is 19.8 Å². The molecule has 0 saturated heterocycles. The molecule has 6 N–H and O–H groups in total. The number of fused-ring (bicyclic) bond motifs is 8. The lowest BCUT2D eigenvalue weighted by Gasteiger charge is -2.08. The summed E-state index contributed by atoms with van der Waals surface area (Å²) >= 11 is 0. The maximum Gasteiger partial charge on any atom is 0.220 e. The molecule has 0 fully saturated rings. The fourth-order valence-corrected chi connectivity index (χ4v) is 6.80. The van der Waals surface area contributed by atoms with E-state index in [1.165, 1.54) is 22.3 Å². The fraction of sp³-hybridized carbons (Fsp3) is 0.421. The first-order valence-corrected chi connectivity index (χ1v) is 17.0. The van der Waals surface area contributed by atoms with Crippen molar-refractivity contribution in [1.29, 1.82) is 0 Å². The summed E-state index contributed by atoms with van der Waals surface area (Å²) in [7, 11) is 0. The van der Waals surface area contributed by atoms with Gasteiger partial charge in [-0.2, -0.15) is 0 Å². The van der Waals surface area contributed by atoms with Crippen LogP contribution < -0.4 is 10.6 Å². The number of carbonyl (C=O) groups excluding carboxylic acids is 2. The minimum absolute atomic E-state index is 0.110. The summed E-state index contributed by atoms with van der Waals surface area (Å²) in [6, 6.07) is 8.40. The smallest absolute Gasteiger partial charge is 0.220 e. The van der Waals surface area contributed by atoms with Crippen LogP contribution in [0.25, 0.3) is 44.4 Å². The highest BCUT2D eigenvalue weighted by atomic mass is 16.3. The minimum Gasteiger partial charge on any atom is -0.395 e. The number of rotatable bonds is 12. The van der Waals surface area contributed by atoms with Gasteiger partial charge >= 0.3 is 0 Å². The van der Waals surface area contributed by atoms with Gasteiger partial charge in [-0.3, -0.25) is 9.59 Å². The summed E-state index contributed by atoms with van der Waals surface area (Å²) < 4.78 is 0. The number of aliphatic hydroxyl groups excluding tert-OH is 2. The molecule has 2 aliphatic rings. The number of aryl methyl sites for hydroxylation is 4. The van der Waals surface area contributed by atoms with Gasteiger partial charge in [-0.05, 0) is 122 Å². The van der Waals surface area contributed by atoms with Gasteiger partial charge in [-0.25, -0.2) is 9.97 Å². The molecule has 0 unspecified atom stereocenters. The van der Waals surface area contributed by atoms with E-state index in [0.29, 0.717) is 12.8 Å². The lowest BCUT2D eigenvalue weighted by molar-refractivity contribution is -0.121. The average Bonchev–Trinajstić information content (AvgIpc) is 3.73. The van der Waals surface area contributed by atoms with E-state index >= 15 is 0 Å². The topological polar surface area (TPSA) is 156 Å². The number of amides is 2. The second-order valence-corrected chi connectivity index (χ2v) is 12.5. The van der Waals surface area contributed by atoms with E-state index in [0.717, 1.165) is 80.0 Å². The summed E-state index contributed by atoms with van der Waals surface area (Å²) in [5, 5.41) is 23.9. The van der Waals surface area contributed by atoms with Crippen molar-refractivity contribution in [2.24, 2.45) is 0 Å². The van der Waals surface area contributed by atoms with Gasteiger partial charge in [0, 0.05) is 48.0 Å². The van der Waals surface area contributed by atoms with Crippen LogP contribution in [0.1, 0.15) is 98.4 Å². The summed E-state index contributed by atoms with van der Waals surface area (Å²) in [6.07, 6.45) is 3.19. The molecule has 0 aliphatic carbocycles. The summed E-state index contributed by atoms with van der Waals surface area (Å²) in [4.78, 5) is 42.8. The number of hydrogen-bond acceptors (Lipinski definition) is 6. The first-order chi connectivity index (χ1) is 23.1. The molecular weight excluding hydrogens is 604 g/mol. The molecule has 10 heteroatoms. The Hall–Kier alpha value is -4.54. The molecule has 5 heterocycles. The van der Waals surface area contributed by atoms with Gasteiger partial charge in [0.05, 0.1) is 36.0 Å². The third-order valence-electron chi connectivity index (χ3n) is 9.58. The van der Waals surface area contributed by atoms with Crippen molar-refractivity contribution in [2.75, 3.05) is 26.3 Å². The average molecular weight is 653 g/mol. The van der Waals surface area contributed by atoms with Crippen LogP contribution >= 0.6 is 0 Å². The van der Waals surface area contributed by atoms with E-state index in [4.69, 9.17) is 9.97 Å². The first-order valence-electron chi connectivity index (χ1n) is 17.0. The predicted octanol–water partition coefficient (Wildman–Crippen LogP) is 5.70. The van der Waals surface area contributed by atoms with Gasteiger partial charge in [0.2, 0.25) is 11.8 Å². The molecule has 254 valence electrons. The molecular formula is C38H48N6O4. The Bertz CT molecular complexity index is 1960. The molecule has 2 aliphatic heterocycles. The van der Waals surface area contributed by atoms with Crippen molar-refractivity contribution in [3.63, 3.8) is 0 Å². The van der Waals surface area contributed by atoms with Gasteiger partial charge in [-0.1, -0.05) is 13.8 Å². The van der Waals surface area contributed by atoms with Crippen molar-refractivity contribution in [1.82, 2.24) is 30.6 Å². The number of nitrogens with one attached hydrogen (secondary N) is 4. The van der Waals surface area contributed by atoms with Crippen LogP contribution in [0.2, 0.25) is 0 Å². The molecule has 3 aromatic heterocycles. The maximum absolute atomic E-state index is 12.6. The summed E-state index contributed by atoms with van der Waals surface area (Å²) in [6.45, 7) is 12.9. The van der Waals surface area contributed by atoms with Gasteiger partial charge in [0.15, 0.2) is 0 Å². The van der Waals surface area contributed by atoms with E-state index in [1.807, 2.05) is 19.9 Å². The number of H-pyrrole nitrogens is 2. The Morgan fingerprint density at radius 2 is 1.04 bits per heavy atom. The zero-order chi connectivity index (χ0) is 34.5. The molecule has 0 spiro atoms. The SMILES string of the molecule is CCc1c(C)c2cc3[nH]c(cc4nc(cc5nc(cc1[nH]2)C(C)=C5CCC(=O)NCCO)C(CCC(=O)NCCO)=C4C)c(C)c3CC. The van der Waals surface area contributed by atoms with Gasteiger partial charge in [0.25, 0.3) is 0 Å². The molecule has 2 amide bonds. The number of aromatic amines is 2.